The molecule has 0 aliphatic rings. The number of fused-ring (bicyclic) bond motifs is 1. The number of benzene rings is 1. The molecule has 3 nitrogen and oxygen atoms in total. The van der Waals surface area contributed by atoms with Crippen LogP contribution in [0.1, 0.15) is 0 Å². The first kappa shape index (κ1) is 8.56. The molecule has 0 radical (unpaired) electrons. The molecule has 1 aromatic carbocycles. The Morgan fingerprint density at radius 2 is 2.20 bits per heavy atom. The van der Waals surface area contributed by atoms with Crippen molar-refractivity contribution in [3.63, 3.8) is 0 Å². The average molecular weight is 219 g/mol. The van der Waals surface area contributed by atoms with E-state index in [1.807, 2.05) is 24.3 Å². The molecule has 4 heteroatoms. The summed E-state index contributed by atoms with van der Waals surface area (Å²) in [6, 6.07) is 7.51. The summed E-state index contributed by atoms with van der Waals surface area (Å²) in [5.74, 6) is 0.770. The average Bonchev–Trinajstić information content (AvgIpc) is 2.86. The molecule has 1 N–H and O–H groups in total. The normalized spacial score (nSPS) is 11.0. The van der Waals surface area contributed by atoms with E-state index in [1.54, 1.807) is 12.5 Å². The van der Waals surface area contributed by atoms with Crippen molar-refractivity contribution in [2.45, 2.75) is 0 Å². The van der Waals surface area contributed by atoms with E-state index in [0.717, 1.165) is 22.4 Å². The minimum absolute atomic E-state index is 0.651. The van der Waals surface area contributed by atoms with Crippen molar-refractivity contribution >= 4 is 22.6 Å². The third kappa shape index (κ3) is 1.32. The summed E-state index contributed by atoms with van der Waals surface area (Å²) in [7, 11) is 0. The van der Waals surface area contributed by atoms with Gasteiger partial charge < -0.3 is 9.40 Å². The Labute approximate surface area is 90.7 Å². The number of nitrogens with zero attached hydrogens (tertiary/aromatic N) is 1. The van der Waals surface area contributed by atoms with Crippen LogP contribution in [0.15, 0.2) is 41.2 Å². The number of H-pyrrole nitrogens is 1. The molecule has 2 aromatic heterocycles. The zero-order valence-electron chi connectivity index (χ0n) is 7.70. The predicted molar refractivity (Wildman–Crippen MR) is 58.8 cm³/mol. The first-order chi connectivity index (χ1) is 7.34. The number of nitrogens with one attached hydrogen (secondary N) is 1. The van der Waals surface area contributed by atoms with Crippen molar-refractivity contribution in [3.05, 3.63) is 41.8 Å². The van der Waals surface area contributed by atoms with Gasteiger partial charge in [-0.2, -0.15) is 0 Å². The van der Waals surface area contributed by atoms with Gasteiger partial charge in [0.1, 0.15) is 17.6 Å². The van der Waals surface area contributed by atoms with Crippen LogP contribution in [-0.4, -0.2) is 9.97 Å². The second-order valence-electron chi connectivity index (χ2n) is 3.23. The molecular weight excluding hydrogens is 212 g/mol. The van der Waals surface area contributed by atoms with E-state index in [9.17, 15) is 0 Å². The molecule has 15 heavy (non-hydrogen) atoms. The first-order valence-corrected chi connectivity index (χ1v) is 4.89. The minimum atomic E-state index is 0.651. The summed E-state index contributed by atoms with van der Waals surface area (Å²) in [6.45, 7) is 0. The Hall–Kier alpha value is -1.74. The molecule has 74 valence electrons. The van der Waals surface area contributed by atoms with Gasteiger partial charge in [-0.1, -0.05) is 17.7 Å². The second kappa shape index (κ2) is 3.14. The van der Waals surface area contributed by atoms with Crippen LogP contribution in [0.3, 0.4) is 0 Å². The highest BCUT2D eigenvalue weighted by Crippen LogP contribution is 2.25. The molecule has 0 saturated heterocycles. The van der Waals surface area contributed by atoms with Crippen LogP contribution in [0.25, 0.3) is 22.4 Å². The van der Waals surface area contributed by atoms with Gasteiger partial charge in [-0.15, -0.1) is 0 Å². The van der Waals surface area contributed by atoms with Crippen molar-refractivity contribution < 1.29 is 4.42 Å². The number of furan rings is 1. The summed E-state index contributed by atoms with van der Waals surface area (Å²) in [6.07, 6.45) is 3.26. The van der Waals surface area contributed by atoms with Gasteiger partial charge in [0, 0.05) is 0 Å². The van der Waals surface area contributed by atoms with E-state index in [-0.39, 0.29) is 0 Å². The molecule has 0 aliphatic carbocycles. The van der Waals surface area contributed by atoms with E-state index >= 15 is 0 Å². The molecule has 0 bridgehead atoms. The molecule has 0 unspecified atom stereocenters. The number of para-hydroxylation sites is 1. The molecule has 3 rings (SSSR count). The van der Waals surface area contributed by atoms with Crippen LogP contribution >= 0.6 is 11.6 Å². The first-order valence-electron chi connectivity index (χ1n) is 4.51. The summed E-state index contributed by atoms with van der Waals surface area (Å²) in [5.41, 5.74) is 2.64. The van der Waals surface area contributed by atoms with Crippen LogP contribution in [0.2, 0.25) is 5.02 Å². The highest BCUT2D eigenvalue weighted by molar-refractivity contribution is 6.34. The van der Waals surface area contributed by atoms with E-state index in [1.165, 1.54) is 0 Å². The van der Waals surface area contributed by atoms with Gasteiger partial charge in [0.05, 0.1) is 22.4 Å². The molecule has 0 atom stereocenters. The van der Waals surface area contributed by atoms with Gasteiger partial charge in [-0.3, -0.25) is 0 Å². The van der Waals surface area contributed by atoms with Gasteiger partial charge in [0.15, 0.2) is 0 Å². The summed E-state index contributed by atoms with van der Waals surface area (Å²) < 4.78 is 5.00. The van der Waals surface area contributed by atoms with E-state index in [2.05, 4.69) is 9.97 Å². The quantitative estimate of drug-likeness (QED) is 0.680. The minimum Gasteiger partial charge on any atom is -0.472 e. The van der Waals surface area contributed by atoms with Gasteiger partial charge >= 0.3 is 0 Å². The fraction of sp³-hybridized carbons (Fsp3) is 0. The fourth-order valence-corrected chi connectivity index (χ4v) is 1.75. The highest BCUT2D eigenvalue weighted by Gasteiger charge is 2.07. The maximum absolute atomic E-state index is 6.03. The zero-order chi connectivity index (χ0) is 10.3. The molecule has 0 amide bonds. The number of hydrogen-bond acceptors (Lipinski definition) is 2. The lowest BCUT2D eigenvalue weighted by atomic mass is 10.3. The van der Waals surface area contributed by atoms with Crippen molar-refractivity contribution in [1.82, 2.24) is 9.97 Å². The van der Waals surface area contributed by atoms with Crippen LogP contribution in [0.5, 0.6) is 0 Å². The Morgan fingerprint density at radius 3 is 2.93 bits per heavy atom. The molecule has 0 fully saturated rings. The Kier molecular flexibility index (Phi) is 1.79. The van der Waals surface area contributed by atoms with Crippen molar-refractivity contribution in [3.8, 4) is 11.4 Å². The Bertz CT molecular complexity index is 598. The third-order valence-corrected chi connectivity index (χ3v) is 2.56. The van der Waals surface area contributed by atoms with Crippen LogP contribution in [0.4, 0.5) is 0 Å². The summed E-state index contributed by atoms with van der Waals surface area (Å²) in [4.78, 5) is 7.59. The number of hydrogen-bond donors (Lipinski definition) is 1. The van der Waals surface area contributed by atoms with Crippen LogP contribution < -0.4 is 0 Å². The maximum Gasteiger partial charge on any atom is 0.141 e. The predicted octanol–water partition coefficient (Wildman–Crippen LogP) is 3.48. The molecule has 0 aliphatic heterocycles. The molecule has 0 saturated carbocycles. The molecule has 0 spiro atoms. The van der Waals surface area contributed by atoms with Crippen molar-refractivity contribution in [2.75, 3.05) is 0 Å². The van der Waals surface area contributed by atoms with E-state index in [0.29, 0.717) is 5.02 Å². The van der Waals surface area contributed by atoms with Crippen molar-refractivity contribution in [2.24, 2.45) is 0 Å². The summed E-state index contributed by atoms with van der Waals surface area (Å²) >= 11 is 6.03. The van der Waals surface area contributed by atoms with Gasteiger partial charge in [0.25, 0.3) is 0 Å². The fourth-order valence-electron chi connectivity index (χ4n) is 1.53. The highest BCUT2D eigenvalue weighted by atomic mass is 35.5. The second-order valence-corrected chi connectivity index (χ2v) is 3.64. The lowest BCUT2D eigenvalue weighted by Crippen LogP contribution is -1.74. The standard InChI is InChI=1S/C11H7ClN2O/c12-8-2-1-3-9-10(8)14-11(13-9)7-4-5-15-6-7/h1-6H,(H,13,14). The molecule has 2 heterocycles. The van der Waals surface area contributed by atoms with E-state index in [4.69, 9.17) is 16.0 Å². The smallest absolute Gasteiger partial charge is 0.141 e. The number of halogens is 1. The largest absolute Gasteiger partial charge is 0.472 e. The maximum atomic E-state index is 6.03. The van der Waals surface area contributed by atoms with Gasteiger partial charge in [0.2, 0.25) is 0 Å². The topological polar surface area (TPSA) is 41.8 Å². The SMILES string of the molecule is Clc1cccc2[nH]c(-c3ccoc3)nc12. The third-order valence-electron chi connectivity index (χ3n) is 2.26. The lowest BCUT2D eigenvalue weighted by Gasteiger charge is -1.88. The van der Waals surface area contributed by atoms with Crippen molar-refractivity contribution in [1.29, 1.82) is 0 Å². The zero-order valence-corrected chi connectivity index (χ0v) is 8.45. The Balaban J connectivity index is 2.27. The molecule has 3 aromatic rings. The number of aromatic nitrogens is 2. The van der Waals surface area contributed by atoms with Crippen LogP contribution in [-0.2, 0) is 0 Å². The van der Waals surface area contributed by atoms with Gasteiger partial charge in [-0.05, 0) is 18.2 Å². The number of imidazole rings is 1. The molecular formula is C11H7ClN2O. The summed E-state index contributed by atoms with van der Waals surface area (Å²) in [5, 5.41) is 0.651. The lowest BCUT2D eigenvalue weighted by molar-refractivity contribution is 0.568. The monoisotopic (exact) mass is 218 g/mol. The number of rotatable bonds is 1. The van der Waals surface area contributed by atoms with E-state index < -0.39 is 0 Å². The Morgan fingerprint density at radius 1 is 1.27 bits per heavy atom. The van der Waals surface area contributed by atoms with Gasteiger partial charge in [-0.25, -0.2) is 4.98 Å². The van der Waals surface area contributed by atoms with Crippen LogP contribution in [0, 0.1) is 0 Å². The number of aromatic amines is 1.